The van der Waals surface area contributed by atoms with Crippen molar-refractivity contribution in [3.05, 3.63) is 28.8 Å². The highest BCUT2D eigenvalue weighted by Gasteiger charge is 2.15. The number of carboxylic acids is 1. The second kappa shape index (κ2) is 3.54. The Kier molecular flexibility index (Phi) is 2.36. The molecule has 2 aromatic heterocycles. The van der Waals surface area contributed by atoms with Gasteiger partial charge in [-0.2, -0.15) is 0 Å². The summed E-state index contributed by atoms with van der Waals surface area (Å²) >= 11 is 3.20. The van der Waals surface area contributed by atoms with Crippen molar-refractivity contribution in [1.29, 1.82) is 0 Å². The van der Waals surface area contributed by atoms with E-state index in [0.29, 0.717) is 15.9 Å². The van der Waals surface area contributed by atoms with Crippen LogP contribution in [0, 0.1) is 0 Å². The first kappa shape index (κ1) is 9.97. The van der Waals surface area contributed by atoms with Crippen LogP contribution < -0.4 is 4.74 Å². The number of rotatable bonds is 2. The van der Waals surface area contributed by atoms with Crippen molar-refractivity contribution in [2.24, 2.45) is 0 Å². The molecule has 0 saturated carbocycles. The number of fused-ring (bicyclic) bond motifs is 1. The van der Waals surface area contributed by atoms with Gasteiger partial charge in [0.15, 0.2) is 0 Å². The molecule has 2 heterocycles. The topological polar surface area (TPSA) is 63.8 Å². The Morgan fingerprint density at radius 2 is 2.40 bits per heavy atom. The minimum absolute atomic E-state index is 0.0282. The number of hydrogen-bond acceptors (Lipinski definition) is 3. The summed E-state index contributed by atoms with van der Waals surface area (Å²) in [6, 6.07) is 3.39. The van der Waals surface area contributed by atoms with Gasteiger partial charge in [0.25, 0.3) is 0 Å². The highest BCUT2D eigenvalue weighted by Crippen LogP contribution is 2.23. The molecule has 0 atom stereocenters. The zero-order chi connectivity index (χ0) is 11.0. The third-order valence-corrected chi connectivity index (χ3v) is 2.58. The summed E-state index contributed by atoms with van der Waals surface area (Å²) in [7, 11) is 1.55. The average Bonchev–Trinajstić information content (AvgIpc) is 2.56. The van der Waals surface area contributed by atoms with E-state index < -0.39 is 5.97 Å². The van der Waals surface area contributed by atoms with Gasteiger partial charge in [0.1, 0.15) is 10.4 Å². The van der Waals surface area contributed by atoms with Crippen molar-refractivity contribution in [3.8, 4) is 5.75 Å². The Bertz CT molecular complexity index is 535. The molecule has 0 spiro atoms. The fourth-order valence-electron chi connectivity index (χ4n) is 1.31. The van der Waals surface area contributed by atoms with Crippen LogP contribution in [0.2, 0.25) is 0 Å². The first-order valence-electron chi connectivity index (χ1n) is 4.08. The lowest BCUT2D eigenvalue weighted by molar-refractivity contribution is 0.0682. The van der Waals surface area contributed by atoms with Gasteiger partial charge >= 0.3 is 5.97 Å². The predicted molar refractivity (Wildman–Crippen MR) is 56.4 cm³/mol. The zero-order valence-electron chi connectivity index (χ0n) is 7.77. The van der Waals surface area contributed by atoms with Crippen LogP contribution in [0.3, 0.4) is 0 Å². The highest BCUT2D eigenvalue weighted by molar-refractivity contribution is 9.10. The number of hydrogen-bond donors (Lipinski definition) is 1. The Labute approximate surface area is 93.4 Å². The molecule has 2 aromatic rings. The number of pyridine rings is 1. The maximum Gasteiger partial charge on any atom is 0.372 e. The van der Waals surface area contributed by atoms with E-state index in [-0.39, 0.29) is 5.82 Å². The standard InChI is InChI=1S/C9H7BrN2O3/c1-15-5-2-3-12-6(4-5)7(10)11-8(12)9(13)14/h2-4H,1H3,(H,13,14). The molecule has 1 N–H and O–H groups in total. The van der Waals surface area contributed by atoms with Crippen molar-refractivity contribution in [1.82, 2.24) is 9.38 Å². The fourth-order valence-corrected chi connectivity index (χ4v) is 1.78. The van der Waals surface area contributed by atoms with E-state index in [9.17, 15) is 4.79 Å². The Morgan fingerprint density at radius 1 is 1.67 bits per heavy atom. The van der Waals surface area contributed by atoms with Gasteiger partial charge in [-0.1, -0.05) is 0 Å². The normalized spacial score (nSPS) is 10.5. The van der Waals surface area contributed by atoms with Gasteiger partial charge in [-0.3, -0.25) is 4.40 Å². The summed E-state index contributed by atoms with van der Waals surface area (Å²) in [5.74, 6) is -0.444. The molecule has 0 unspecified atom stereocenters. The third-order valence-electron chi connectivity index (χ3n) is 2.00. The molecular formula is C9H7BrN2O3. The van der Waals surface area contributed by atoms with E-state index in [1.165, 1.54) is 4.40 Å². The van der Waals surface area contributed by atoms with Crippen molar-refractivity contribution < 1.29 is 14.6 Å². The van der Waals surface area contributed by atoms with Gasteiger partial charge in [-0.05, 0) is 22.0 Å². The van der Waals surface area contributed by atoms with Crippen molar-refractivity contribution in [2.45, 2.75) is 0 Å². The molecule has 15 heavy (non-hydrogen) atoms. The molecule has 2 rings (SSSR count). The molecular weight excluding hydrogens is 264 g/mol. The molecule has 0 aliphatic rings. The van der Waals surface area contributed by atoms with Gasteiger partial charge in [0, 0.05) is 12.3 Å². The molecule has 0 radical (unpaired) electrons. The largest absolute Gasteiger partial charge is 0.497 e. The number of imidazole rings is 1. The number of carbonyl (C=O) groups is 1. The van der Waals surface area contributed by atoms with Crippen LogP contribution in [0.15, 0.2) is 22.9 Å². The summed E-state index contributed by atoms with van der Waals surface area (Å²) in [5.41, 5.74) is 0.659. The molecule has 5 nitrogen and oxygen atoms in total. The van der Waals surface area contributed by atoms with E-state index in [1.807, 2.05) is 0 Å². The smallest absolute Gasteiger partial charge is 0.372 e. The first-order chi connectivity index (χ1) is 7.13. The van der Waals surface area contributed by atoms with Crippen LogP contribution in [0.25, 0.3) is 5.52 Å². The van der Waals surface area contributed by atoms with E-state index in [0.717, 1.165) is 0 Å². The number of halogens is 1. The first-order valence-corrected chi connectivity index (χ1v) is 4.87. The van der Waals surface area contributed by atoms with Crippen LogP contribution in [-0.4, -0.2) is 27.6 Å². The number of aromatic carboxylic acids is 1. The summed E-state index contributed by atoms with van der Waals surface area (Å²) in [6.07, 6.45) is 1.61. The lowest BCUT2D eigenvalue weighted by Gasteiger charge is -2.00. The van der Waals surface area contributed by atoms with Crippen molar-refractivity contribution in [2.75, 3.05) is 7.11 Å². The molecule has 0 aliphatic carbocycles. The Balaban J connectivity index is 2.75. The average molecular weight is 271 g/mol. The van der Waals surface area contributed by atoms with Crippen molar-refractivity contribution >= 4 is 27.4 Å². The second-order valence-corrected chi connectivity index (χ2v) is 3.60. The molecule has 0 aromatic carbocycles. The summed E-state index contributed by atoms with van der Waals surface area (Å²) < 4.78 is 7.00. The van der Waals surface area contributed by atoms with Crippen LogP contribution in [0.1, 0.15) is 10.6 Å². The maximum atomic E-state index is 10.8. The molecule has 0 saturated heterocycles. The molecule has 78 valence electrons. The number of nitrogens with zero attached hydrogens (tertiary/aromatic N) is 2. The minimum atomic E-state index is -1.07. The second-order valence-electron chi connectivity index (χ2n) is 2.85. The lowest BCUT2D eigenvalue weighted by Crippen LogP contribution is -2.03. The molecule has 6 heteroatoms. The SMILES string of the molecule is COc1ccn2c(C(=O)O)nc(Br)c2c1. The molecule has 0 amide bonds. The monoisotopic (exact) mass is 270 g/mol. The predicted octanol–water partition coefficient (Wildman–Crippen LogP) is 1.80. The van der Waals surface area contributed by atoms with Crippen molar-refractivity contribution in [3.63, 3.8) is 0 Å². The van der Waals surface area contributed by atoms with Gasteiger partial charge in [0.05, 0.1) is 12.6 Å². The molecule has 0 fully saturated rings. The van der Waals surface area contributed by atoms with Crippen LogP contribution in [-0.2, 0) is 0 Å². The Morgan fingerprint density at radius 3 is 3.00 bits per heavy atom. The quantitative estimate of drug-likeness (QED) is 0.904. The lowest BCUT2D eigenvalue weighted by atomic mass is 10.4. The number of methoxy groups -OCH3 is 1. The number of ether oxygens (including phenoxy) is 1. The summed E-state index contributed by atoms with van der Waals surface area (Å²) in [5, 5.41) is 8.89. The summed E-state index contributed by atoms with van der Waals surface area (Å²) in [6.45, 7) is 0. The van der Waals surface area contributed by atoms with E-state index in [4.69, 9.17) is 9.84 Å². The highest BCUT2D eigenvalue weighted by atomic mass is 79.9. The van der Waals surface area contributed by atoms with E-state index in [1.54, 1.807) is 25.4 Å². The van der Waals surface area contributed by atoms with Gasteiger partial charge in [0.2, 0.25) is 5.82 Å². The van der Waals surface area contributed by atoms with E-state index in [2.05, 4.69) is 20.9 Å². The van der Waals surface area contributed by atoms with Crippen LogP contribution >= 0.6 is 15.9 Å². The Hall–Kier alpha value is -1.56. The molecule has 0 bridgehead atoms. The van der Waals surface area contributed by atoms with Crippen LogP contribution in [0.5, 0.6) is 5.75 Å². The van der Waals surface area contributed by atoms with Crippen LogP contribution in [0.4, 0.5) is 0 Å². The van der Waals surface area contributed by atoms with Gasteiger partial charge in [-0.15, -0.1) is 0 Å². The summed E-state index contributed by atoms with van der Waals surface area (Å²) in [4.78, 5) is 14.7. The number of carboxylic acid groups (broad SMARTS) is 1. The molecule has 0 aliphatic heterocycles. The maximum absolute atomic E-state index is 10.8. The third kappa shape index (κ3) is 1.56. The fraction of sp³-hybridized carbons (Fsp3) is 0.111. The van der Waals surface area contributed by atoms with E-state index >= 15 is 0 Å². The zero-order valence-corrected chi connectivity index (χ0v) is 9.35. The van der Waals surface area contributed by atoms with Gasteiger partial charge < -0.3 is 9.84 Å². The number of aromatic nitrogens is 2. The minimum Gasteiger partial charge on any atom is -0.497 e. The van der Waals surface area contributed by atoms with Gasteiger partial charge in [-0.25, -0.2) is 9.78 Å².